The highest BCUT2D eigenvalue weighted by molar-refractivity contribution is 5.68. The molecule has 2 aromatic rings. The van der Waals surface area contributed by atoms with E-state index >= 15 is 0 Å². The summed E-state index contributed by atoms with van der Waals surface area (Å²) in [5, 5.41) is 0. The highest BCUT2D eigenvalue weighted by atomic mass is 16.6. The van der Waals surface area contributed by atoms with Gasteiger partial charge in [0.05, 0.1) is 12.6 Å². The van der Waals surface area contributed by atoms with E-state index in [0.717, 1.165) is 23.3 Å². The maximum atomic E-state index is 12.3. The lowest BCUT2D eigenvalue weighted by molar-refractivity contribution is 0.0813. The fraction of sp³-hybridized carbons (Fsp3) is 0.278. The highest BCUT2D eigenvalue weighted by Gasteiger charge is 2.28. The molecule has 0 N–H and O–H groups in total. The van der Waals surface area contributed by atoms with Crippen LogP contribution in [0.1, 0.15) is 23.6 Å². The van der Waals surface area contributed by atoms with Crippen molar-refractivity contribution in [3.05, 3.63) is 65.7 Å². The molecule has 1 unspecified atom stereocenters. The summed E-state index contributed by atoms with van der Waals surface area (Å²) in [7, 11) is 1.78. The number of hydrogen-bond acceptors (Lipinski definition) is 3. The van der Waals surface area contributed by atoms with Gasteiger partial charge in [-0.15, -0.1) is 0 Å². The zero-order valence-corrected chi connectivity index (χ0v) is 12.6. The highest BCUT2D eigenvalue weighted by Crippen LogP contribution is 2.35. The molecule has 4 heteroatoms. The summed E-state index contributed by atoms with van der Waals surface area (Å²) in [6.07, 6.45) is 0.457. The lowest BCUT2D eigenvalue weighted by Gasteiger charge is -2.32. The summed E-state index contributed by atoms with van der Waals surface area (Å²) in [6, 6.07) is 17.5. The smallest absolute Gasteiger partial charge is 0.410 e. The molecule has 0 spiro atoms. The molecular formula is C18H19NO3. The zero-order chi connectivity index (χ0) is 15.4. The summed E-state index contributed by atoms with van der Waals surface area (Å²) >= 11 is 0. The van der Waals surface area contributed by atoms with Gasteiger partial charge in [0.1, 0.15) is 12.4 Å². The molecule has 0 bridgehead atoms. The van der Waals surface area contributed by atoms with Gasteiger partial charge in [-0.05, 0) is 11.6 Å². The van der Waals surface area contributed by atoms with Crippen molar-refractivity contribution < 1.29 is 14.3 Å². The second-order valence-electron chi connectivity index (χ2n) is 5.34. The molecule has 1 amide bonds. The van der Waals surface area contributed by atoms with Crippen LogP contribution >= 0.6 is 0 Å². The van der Waals surface area contributed by atoms with E-state index in [0.29, 0.717) is 6.61 Å². The number of hydrogen-bond donors (Lipinski definition) is 0. The molecule has 1 heterocycles. The lowest BCUT2D eigenvalue weighted by Crippen LogP contribution is -2.34. The Morgan fingerprint density at radius 3 is 2.73 bits per heavy atom. The Bertz CT molecular complexity index is 642. The van der Waals surface area contributed by atoms with Crippen molar-refractivity contribution in [3.63, 3.8) is 0 Å². The van der Waals surface area contributed by atoms with Gasteiger partial charge >= 0.3 is 6.09 Å². The number of rotatable bonds is 3. The summed E-state index contributed by atoms with van der Waals surface area (Å²) in [5.74, 6) is 0.849. The van der Waals surface area contributed by atoms with Gasteiger partial charge in [0, 0.05) is 19.0 Å². The van der Waals surface area contributed by atoms with Crippen LogP contribution < -0.4 is 4.74 Å². The van der Waals surface area contributed by atoms with E-state index < -0.39 is 0 Å². The SMILES string of the molecule is CN(C(=O)OCc1ccccc1)C1CCOc2ccccc21. The predicted molar refractivity (Wildman–Crippen MR) is 83.7 cm³/mol. The number of carbonyl (C=O) groups is 1. The van der Waals surface area contributed by atoms with Gasteiger partial charge in [-0.1, -0.05) is 48.5 Å². The molecule has 1 atom stereocenters. The Kier molecular flexibility index (Phi) is 4.28. The molecule has 0 saturated carbocycles. The van der Waals surface area contributed by atoms with Crippen LogP contribution in [-0.2, 0) is 11.3 Å². The molecule has 0 aliphatic carbocycles. The third-order valence-electron chi connectivity index (χ3n) is 3.89. The van der Waals surface area contributed by atoms with Crippen LogP contribution in [0.4, 0.5) is 4.79 Å². The van der Waals surface area contributed by atoms with Crippen LogP contribution in [0.25, 0.3) is 0 Å². The minimum Gasteiger partial charge on any atom is -0.493 e. The third-order valence-corrected chi connectivity index (χ3v) is 3.89. The molecule has 4 nitrogen and oxygen atoms in total. The fourth-order valence-corrected chi connectivity index (χ4v) is 2.67. The van der Waals surface area contributed by atoms with E-state index in [9.17, 15) is 4.79 Å². The molecule has 0 radical (unpaired) electrons. The number of para-hydroxylation sites is 1. The van der Waals surface area contributed by atoms with Crippen LogP contribution in [0.15, 0.2) is 54.6 Å². The third kappa shape index (κ3) is 3.06. The number of carbonyl (C=O) groups excluding carboxylic acids is 1. The minimum atomic E-state index is -0.314. The largest absolute Gasteiger partial charge is 0.493 e. The van der Waals surface area contributed by atoms with E-state index in [4.69, 9.17) is 9.47 Å². The minimum absolute atomic E-state index is 0.00627. The van der Waals surface area contributed by atoms with E-state index in [1.165, 1.54) is 0 Å². The van der Waals surface area contributed by atoms with Gasteiger partial charge in [0.15, 0.2) is 0 Å². The van der Waals surface area contributed by atoms with E-state index in [-0.39, 0.29) is 18.7 Å². The van der Waals surface area contributed by atoms with Gasteiger partial charge in [-0.25, -0.2) is 4.79 Å². The van der Waals surface area contributed by atoms with Gasteiger partial charge in [-0.2, -0.15) is 0 Å². The second-order valence-corrected chi connectivity index (χ2v) is 5.34. The number of ether oxygens (including phenoxy) is 2. The topological polar surface area (TPSA) is 38.8 Å². The monoisotopic (exact) mass is 297 g/mol. The molecule has 0 fully saturated rings. The van der Waals surface area contributed by atoms with Crippen molar-refractivity contribution in [1.29, 1.82) is 0 Å². The maximum Gasteiger partial charge on any atom is 0.410 e. The zero-order valence-electron chi connectivity index (χ0n) is 12.6. The van der Waals surface area contributed by atoms with Gasteiger partial charge in [0.25, 0.3) is 0 Å². The average molecular weight is 297 g/mol. The molecule has 0 aromatic heterocycles. The van der Waals surface area contributed by atoms with Gasteiger partial charge < -0.3 is 14.4 Å². The van der Waals surface area contributed by atoms with Crippen LogP contribution in [0.5, 0.6) is 5.75 Å². The Hall–Kier alpha value is -2.49. The Balaban J connectivity index is 1.66. The first-order valence-corrected chi connectivity index (χ1v) is 7.41. The van der Waals surface area contributed by atoms with E-state index in [1.807, 2.05) is 54.6 Å². The molecule has 1 aliphatic rings. The van der Waals surface area contributed by atoms with E-state index in [1.54, 1.807) is 11.9 Å². The molecule has 22 heavy (non-hydrogen) atoms. The van der Waals surface area contributed by atoms with E-state index in [2.05, 4.69) is 0 Å². The Morgan fingerprint density at radius 1 is 1.18 bits per heavy atom. The summed E-state index contributed by atoms with van der Waals surface area (Å²) < 4.78 is 11.0. The number of benzene rings is 2. The molecule has 3 rings (SSSR count). The quantitative estimate of drug-likeness (QED) is 0.865. The molecule has 114 valence electrons. The van der Waals surface area contributed by atoms with Crippen LogP contribution in [-0.4, -0.2) is 24.6 Å². The summed E-state index contributed by atoms with van der Waals surface area (Å²) in [4.78, 5) is 13.9. The fourth-order valence-electron chi connectivity index (χ4n) is 2.67. The van der Waals surface area contributed by atoms with Gasteiger partial charge in [0.2, 0.25) is 0 Å². The van der Waals surface area contributed by atoms with Crippen molar-refractivity contribution in [3.8, 4) is 5.75 Å². The number of amides is 1. The normalized spacial score (nSPS) is 16.3. The van der Waals surface area contributed by atoms with Gasteiger partial charge in [-0.3, -0.25) is 0 Å². The second kappa shape index (κ2) is 6.52. The van der Waals surface area contributed by atoms with Crippen molar-refractivity contribution in [2.45, 2.75) is 19.1 Å². The van der Waals surface area contributed by atoms with Crippen molar-refractivity contribution >= 4 is 6.09 Å². The average Bonchev–Trinajstić information content (AvgIpc) is 2.59. The molecule has 2 aromatic carbocycles. The molecule has 1 aliphatic heterocycles. The Morgan fingerprint density at radius 2 is 1.91 bits per heavy atom. The first-order chi connectivity index (χ1) is 10.8. The van der Waals surface area contributed by atoms with Crippen LogP contribution in [0, 0.1) is 0 Å². The van der Waals surface area contributed by atoms with Crippen LogP contribution in [0.2, 0.25) is 0 Å². The van der Waals surface area contributed by atoms with Crippen molar-refractivity contribution in [2.75, 3.05) is 13.7 Å². The number of fused-ring (bicyclic) bond motifs is 1. The first kappa shape index (κ1) is 14.4. The Labute approximate surface area is 130 Å². The molecular weight excluding hydrogens is 278 g/mol. The van der Waals surface area contributed by atoms with Crippen molar-refractivity contribution in [2.24, 2.45) is 0 Å². The lowest BCUT2D eigenvalue weighted by atomic mass is 10.00. The standard InChI is InChI=1S/C18H19NO3/c1-19(18(20)22-13-14-7-3-2-4-8-14)16-11-12-21-17-10-6-5-9-15(16)17/h2-10,16H,11-13H2,1H3. The first-order valence-electron chi connectivity index (χ1n) is 7.41. The van der Waals surface area contributed by atoms with Crippen LogP contribution in [0.3, 0.4) is 0 Å². The summed E-state index contributed by atoms with van der Waals surface area (Å²) in [5.41, 5.74) is 2.02. The number of nitrogens with zero attached hydrogens (tertiary/aromatic N) is 1. The predicted octanol–water partition coefficient (Wildman–Crippen LogP) is 3.78. The summed E-state index contributed by atoms with van der Waals surface area (Å²) in [6.45, 7) is 0.896. The maximum absolute atomic E-state index is 12.3. The van der Waals surface area contributed by atoms with Crippen molar-refractivity contribution in [1.82, 2.24) is 4.90 Å². The molecule has 0 saturated heterocycles.